The van der Waals surface area contributed by atoms with E-state index in [4.69, 9.17) is 10.8 Å². The summed E-state index contributed by atoms with van der Waals surface area (Å²) in [5, 5.41) is 11.0. The van der Waals surface area contributed by atoms with Gasteiger partial charge in [0, 0.05) is 0 Å². The van der Waals surface area contributed by atoms with E-state index in [1.165, 1.54) is 0 Å². The Hall–Kier alpha value is -2.09. The quantitative estimate of drug-likeness (QED) is 0.791. The maximum atomic E-state index is 12.6. The summed E-state index contributed by atoms with van der Waals surface area (Å²) in [5.41, 5.74) is 3.51. The summed E-state index contributed by atoms with van der Waals surface area (Å²) in [7, 11) is 0. The summed E-state index contributed by atoms with van der Waals surface area (Å²) in [6, 6.07) is 1.08. The number of alkyl halides is 3. The summed E-state index contributed by atoms with van der Waals surface area (Å²) >= 11 is 0. The summed E-state index contributed by atoms with van der Waals surface area (Å²) in [6.45, 7) is 1.62. The Bertz CT molecular complexity index is 529. The lowest BCUT2D eigenvalue weighted by atomic mass is 10.1. The average molecular weight is 290 g/mol. The van der Waals surface area contributed by atoms with Crippen LogP contribution >= 0.6 is 0 Å². The number of rotatable bonds is 4. The van der Waals surface area contributed by atoms with Crippen LogP contribution in [0.25, 0.3) is 0 Å². The van der Waals surface area contributed by atoms with E-state index in [0.717, 1.165) is 6.07 Å². The lowest BCUT2D eigenvalue weighted by molar-refractivity contribution is -0.137. The first-order chi connectivity index (χ1) is 9.16. The molecule has 0 saturated carbocycles. The predicted octanol–water partition coefficient (Wildman–Crippen LogP) is 2.08. The molecule has 0 bridgehead atoms. The van der Waals surface area contributed by atoms with Gasteiger partial charge in [0.2, 0.25) is 5.91 Å². The minimum absolute atomic E-state index is 0.271. The Morgan fingerprint density at radius 1 is 1.40 bits per heavy atom. The molecule has 0 heterocycles. The van der Waals surface area contributed by atoms with Gasteiger partial charge in [0.1, 0.15) is 0 Å². The van der Waals surface area contributed by atoms with Crippen molar-refractivity contribution in [2.24, 2.45) is 5.73 Å². The van der Waals surface area contributed by atoms with Crippen molar-refractivity contribution in [1.29, 1.82) is 0 Å². The second kappa shape index (κ2) is 5.91. The molecule has 110 valence electrons. The highest BCUT2D eigenvalue weighted by Gasteiger charge is 2.32. The molecular weight excluding hydrogens is 277 g/mol. The number of carbonyl (C=O) groups is 2. The number of carbonyl (C=O) groups excluding carboxylic acids is 1. The van der Waals surface area contributed by atoms with Gasteiger partial charge in [-0.2, -0.15) is 13.2 Å². The number of hydrogen-bond donors (Lipinski definition) is 3. The third kappa shape index (κ3) is 3.70. The van der Waals surface area contributed by atoms with E-state index in [9.17, 15) is 22.8 Å². The van der Waals surface area contributed by atoms with Gasteiger partial charge in [-0.15, -0.1) is 0 Å². The molecule has 1 atom stereocenters. The number of aromatic carboxylic acids is 1. The van der Waals surface area contributed by atoms with Crippen molar-refractivity contribution in [2.75, 3.05) is 5.32 Å². The zero-order valence-corrected chi connectivity index (χ0v) is 10.5. The van der Waals surface area contributed by atoms with Gasteiger partial charge in [-0.25, -0.2) is 4.79 Å². The molecule has 1 aromatic rings. The van der Waals surface area contributed by atoms with Gasteiger partial charge in [0.15, 0.2) is 0 Å². The molecule has 0 unspecified atom stereocenters. The molecule has 0 aromatic heterocycles. The van der Waals surface area contributed by atoms with E-state index in [1.807, 2.05) is 0 Å². The molecule has 20 heavy (non-hydrogen) atoms. The van der Waals surface area contributed by atoms with Crippen LogP contribution in [0, 0.1) is 0 Å². The Balaban J connectivity index is 3.19. The Labute approximate surface area is 112 Å². The van der Waals surface area contributed by atoms with Crippen LogP contribution in [0.1, 0.15) is 29.3 Å². The second-order valence-electron chi connectivity index (χ2n) is 4.07. The Morgan fingerprint density at radius 2 is 2.00 bits per heavy atom. The van der Waals surface area contributed by atoms with Gasteiger partial charge >= 0.3 is 12.1 Å². The lowest BCUT2D eigenvalue weighted by Crippen LogP contribution is -2.35. The number of carboxylic acids is 1. The van der Waals surface area contributed by atoms with Crippen LogP contribution in [-0.4, -0.2) is 23.0 Å². The van der Waals surface area contributed by atoms with Gasteiger partial charge < -0.3 is 16.2 Å². The molecule has 0 fully saturated rings. The molecule has 1 amide bonds. The van der Waals surface area contributed by atoms with Crippen molar-refractivity contribution in [2.45, 2.75) is 25.6 Å². The number of halogens is 3. The Kier molecular flexibility index (Phi) is 4.72. The fourth-order valence-electron chi connectivity index (χ4n) is 1.42. The number of carboxylic acid groups (broad SMARTS) is 1. The van der Waals surface area contributed by atoms with Crippen LogP contribution in [0.5, 0.6) is 0 Å². The predicted molar refractivity (Wildman–Crippen MR) is 65.3 cm³/mol. The monoisotopic (exact) mass is 290 g/mol. The average Bonchev–Trinajstić information content (AvgIpc) is 2.36. The molecule has 0 saturated heterocycles. The first-order valence-electron chi connectivity index (χ1n) is 5.67. The van der Waals surface area contributed by atoms with Crippen LogP contribution < -0.4 is 11.1 Å². The molecule has 0 radical (unpaired) electrons. The molecule has 8 heteroatoms. The number of hydrogen-bond acceptors (Lipinski definition) is 3. The van der Waals surface area contributed by atoms with E-state index in [0.29, 0.717) is 12.1 Å². The van der Waals surface area contributed by atoms with Gasteiger partial charge in [0.05, 0.1) is 22.9 Å². The highest BCUT2D eigenvalue weighted by molar-refractivity contribution is 6.02. The number of nitrogens with one attached hydrogen (secondary N) is 1. The molecule has 1 aromatic carbocycles. The fourth-order valence-corrected chi connectivity index (χ4v) is 1.42. The zero-order valence-electron chi connectivity index (χ0n) is 10.5. The largest absolute Gasteiger partial charge is 0.478 e. The number of benzene rings is 1. The standard InChI is InChI=1S/C12H13F3N2O3/c1-2-8(16)10(18)17-9-5-6(12(13,14)15)3-4-7(9)11(19)20/h3-5,8H,2,16H2,1H3,(H,17,18)(H,19,20)/t8-/m1/s1. The second-order valence-corrected chi connectivity index (χ2v) is 4.07. The van der Waals surface area contributed by atoms with E-state index in [1.54, 1.807) is 6.92 Å². The number of anilines is 1. The Morgan fingerprint density at radius 3 is 2.45 bits per heavy atom. The van der Waals surface area contributed by atoms with E-state index in [2.05, 4.69) is 5.32 Å². The maximum Gasteiger partial charge on any atom is 0.416 e. The molecular formula is C12H13F3N2O3. The number of amides is 1. The molecule has 0 spiro atoms. The lowest BCUT2D eigenvalue weighted by Gasteiger charge is -2.14. The maximum absolute atomic E-state index is 12.6. The number of nitrogens with two attached hydrogens (primary N) is 1. The van der Waals surface area contributed by atoms with Crippen molar-refractivity contribution >= 4 is 17.6 Å². The van der Waals surface area contributed by atoms with Crippen LogP contribution in [0.2, 0.25) is 0 Å². The zero-order chi connectivity index (χ0) is 15.5. The van der Waals surface area contributed by atoms with E-state index >= 15 is 0 Å². The third-order valence-electron chi connectivity index (χ3n) is 2.61. The highest BCUT2D eigenvalue weighted by atomic mass is 19.4. The van der Waals surface area contributed by atoms with Gasteiger partial charge in [0.25, 0.3) is 0 Å². The highest BCUT2D eigenvalue weighted by Crippen LogP contribution is 2.32. The van der Waals surface area contributed by atoms with Crippen molar-refractivity contribution in [3.63, 3.8) is 0 Å². The van der Waals surface area contributed by atoms with Gasteiger partial charge in [-0.05, 0) is 24.6 Å². The normalized spacial score (nSPS) is 12.8. The summed E-state index contributed by atoms with van der Waals surface area (Å²) < 4.78 is 37.7. The van der Waals surface area contributed by atoms with E-state index < -0.39 is 40.9 Å². The van der Waals surface area contributed by atoms with Gasteiger partial charge in [-0.3, -0.25) is 4.79 Å². The topological polar surface area (TPSA) is 92.4 Å². The van der Waals surface area contributed by atoms with E-state index in [-0.39, 0.29) is 6.42 Å². The minimum Gasteiger partial charge on any atom is -0.478 e. The van der Waals surface area contributed by atoms with Gasteiger partial charge in [-0.1, -0.05) is 6.92 Å². The smallest absolute Gasteiger partial charge is 0.416 e. The first-order valence-corrected chi connectivity index (χ1v) is 5.67. The summed E-state index contributed by atoms with van der Waals surface area (Å²) in [4.78, 5) is 22.5. The molecule has 1 rings (SSSR count). The van der Waals surface area contributed by atoms with Crippen LogP contribution in [-0.2, 0) is 11.0 Å². The molecule has 5 nitrogen and oxygen atoms in total. The fraction of sp³-hybridized carbons (Fsp3) is 0.333. The third-order valence-corrected chi connectivity index (χ3v) is 2.61. The first kappa shape index (κ1) is 16.0. The summed E-state index contributed by atoms with van der Waals surface area (Å²) in [5.74, 6) is -2.19. The molecule has 4 N–H and O–H groups in total. The molecule has 0 aliphatic carbocycles. The van der Waals surface area contributed by atoms with Crippen molar-refractivity contribution in [3.8, 4) is 0 Å². The summed E-state index contributed by atoms with van der Waals surface area (Å²) in [6.07, 6.45) is -4.36. The van der Waals surface area contributed by atoms with Crippen LogP contribution in [0.4, 0.5) is 18.9 Å². The molecule has 0 aliphatic rings. The van der Waals surface area contributed by atoms with Crippen molar-refractivity contribution in [1.82, 2.24) is 0 Å². The van der Waals surface area contributed by atoms with Crippen molar-refractivity contribution in [3.05, 3.63) is 29.3 Å². The molecule has 0 aliphatic heterocycles. The van der Waals surface area contributed by atoms with Crippen LogP contribution in [0.3, 0.4) is 0 Å². The van der Waals surface area contributed by atoms with Crippen molar-refractivity contribution < 1.29 is 27.9 Å². The van der Waals surface area contributed by atoms with Crippen LogP contribution in [0.15, 0.2) is 18.2 Å². The SMILES string of the molecule is CC[C@@H](N)C(=O)Nc1cc(C(F)(F)F)ccc1C(=O)O. The minimum atomic E-state index is -4.64.